The summed E-state index contributed by atoms with van der Waals surface area (Å²) in [6, 6.07) is 0. The van der Waals surface area contributed by atoms with Gasteiger partial charge in [0.2, 0.25) is 0 Å². The quantitative estimate of drug-likeness (QED) is 0.207. The largest absolute Gasteiger partial charge is 0.103 e. The van der Waals surface area contributed by atoms with Gasteiger partial charge in [-0.15, -0.1) is 6.58 Å². The lowest BCUT2D eigenvalue weighted by Crippen LogP contribution is -2.50. The lowest BCUT2D eigenvalue weighted by molar-refractivity contribution is -0.0909. The summed E-state index contributed by atoms with van der Waals surface area (Å²) in [5, 5.41) is 0. The van der Waals surface area contributed by atoms with Crippen molar-refractivity contribution in [2.24, 2.45) is 22.7 Å². The number of rotatable bonds is 15. The highest BCUT2D eigenvalue weighted by atomic mass is 14.6. The first-order valence-corrected chi connectivity index (χ1v) is 11.1. The molecule has 0 fully saturated rings. The highest BCUT2D eigenvalue weighted by molar-refractivity contribution is 5.02. The smallest absolute Gasteiger partial charge is 0.0216 e. The van der Waals surface area contributed by atoms with Crippen LogP contribution in [0.25, 0.3) is 0 Å². The minimum Gasteiger partial charge on any atom is -0.103 e. The Morgan fingerprint density at radius 2 is 1.08 bits per heavy atom. The average molecular weight is 337 g/mol. The number of unbranched alkanes of at least 4 members (excludes halogenated alkanes) is 2. The van der Waals surface area contributed by atoms with Gasteiger partial charge in [0.15, 0.2) is 0 Å². The van der Waals surface area contributed by atoms with Crippen LogP contribution < -0.4 is 0 Å². The van der Waals surface area contributed by atoms with E-state index in [4.69, 9.17) is 0 Å². The molecule has 0 rings (SSSR count). The van der Waals surface area contributed by atoms with Crippen molar-refractivity contribution in [2.45, 2.75) is 119 Å². The van der Waals surface area contributed by atoms with Crippen LogP contribution in [0.1, 0.15) is 119 Å². The average Bonchev–Trinajstić information content (AvgIpc) is 2.63. The van der Waals surface area contributed by atoms with E-state index < -0.39 is 0 Å². The SMILES string of the molecule is C=CCCCCC(CC)C(CC)(CC)C(CC)(CC)C(CC)CC. The van der Waals surface area contributed by atoms with Gasteiger partial charge in [0.25, 0.3) is 0 Å². The van der Waals surface area contributed by atoms with Gasteiger partial charge in [-0.2, -0.15) is 0 Å². The van der Waals surface area contributed by atoms with Gasteiger partial charge in [0.05, 0.1) is 0 Å². The van der Waals surface area contributed by atoms with Gasteiger partial charge >= 0.3 is 0 Å². The van der Waals surface area contributed by atoms with Crippen LogP contribution in [0.3, 0.4) is 0 Å². The predicted octanol–water partition coefficient (Wildman–Crippen LogP) is 8.81. The maximum atomic E-state index is 3.89. The van der Waals surface area contributed by atoms with Crippen molar-refractivity contribution in [3.63, 3.8) is 0 Å². The second-order valence-corrected chi connectivity index (χ2v) is 7.92. The normalized spacial score (nSPS) is 14.2. The molecular weight excluding hydrogens is 288 g/mol. The molecule has 1 atom stereocenters. The van der Waals surface area contributed by atoms with Gasteiger partial charge < -0.3 is 0 Å². The van der Waals surface area contributed by atoms with Gasteiger partial charge in [0.1, 0.15) is 0 Å². The predicted molar refractivity (Wildman–Crippen MR) is 113 cm³/mol. The first-order chi connectivity index (χ1) is 11.5. The van der Waals surface area contributed by atoms with Crippen LogP contribution >= 0.6 is 0 Å². The molecule has 144 valence electrons. The fraction of sp³-hybridized carbons (Fsp3) is 0.917. The molecule has 0 spiro atoms. The van der Waals surface area contributed by atoms with Crippen molar-refractivity contribution in [2.75, 3.05) is 0 Å². The molecule has 0 radical (unpaired) electrons. The Bertz CT molecular complexity index is 302. The highest BCUT2D eigenvalue weighted by Gasteiger charge is 2.52. The summed E-state index contributed by atoms with van der Waals surface area (Å²) >= 11 is 0. The van der Waals surface area contributed by atoms with Crippen LogP contribution in [0.5, 0.6) is 0 Å². The van der Waals surface area contributed by atoms with Crippen LogP contribution in [-0.2, 0) is 0 Å². The summed E-state index contributed by atoms with van der Waals surface area (Å²) in [4.78, 5) is 0. The van der Waals surface area contributed by atoms with E-state index >= 15 is 0 Å². The zero-order valence-electron chi connectivity index (χ0n) is 18.2. The fourth-order valence-corrected chi connectivity index (χ4v) is 6.50. The van der Waals surface area contributed by atoms with E-state index in [0.29, 0.717) is 10.8 Å². The zero-order chi connectivity index (χ0) is 18.6. The molecule has 0 saturated carbocycles. The van der Waals surface area contributed by atoms with E-state index in [1.807, 2.05) is 0 Å². The first kappa shape index (κ1) is 23.7. The van der Waals surface area contributed by atoms with Gasteiger partial charge in [-0.1, -0.05) is 80.2 Å². The number of hydrogen-bond acceptors (Lipinski definition) is 0. The maximum absolute atomic E-state index is 3.89. The molecule has 0 N–H and O–H groups in total. The van der Waals surface area contributed by atoms with Crippen molar-refractivity contribution in [1.29, 1.82) is 0 Å². The Hall–Kier alpha value is -0.260. The molecular formula is C24H48. The molecule has 0 amide bonds. The molecule has 0 aromatic rings. The molecule has 24 heavy (non-hydrogen) atoms. The summed E-state index contributed by atoms with van der Waals surface area (Å²) in [5.41, 5.74) is 1.02. The van der Waals surface area contributed by atoms with E-state index in [0.717, 1.165) is 11.8 Å². The van der Waals surface area contributed by atoms with E-state index in [1.165, 1.54) is 70.6 Å². The van der Waals surface area contributed by atoms with Gasteiger partial charge in [-0.3, -0.25) is 0 Å². The second kappa shape index (κ2) is 12.2. The third-order valence-electron chi connectivity index (χ3n) is 7.77. The molecule has 0 saturated heterocycles. The lowest BCUT2D eigenvalue weighted by Gasteiger charge is -2.58. The Balaban J connectivity index is 5.79. The number of allylic oxidation sites excluding steroid dienone is 1. The topological polar surface area (TPSA) is 0 Å². The molecule has 0 bridgehead atoms. The molecule has 0 heterocycles. The molecule has 0 aromatic heterocycles. The third-order valence-corrected chi connectivity index (χ3v) is 7.77. The van der Waals surface area contributed by atoms with Crippen molar-refractivity contribution in [1.82, 2.24) is 0 Å². The highest BCUT2D eigenvalue weighted by Crippen LogP contribution is 2.61. The molecule has 0 aliphatic heterocycles. The van der Waals surface area contributed by atoms with Gasteiger partial charge in [-0.25, -0.2) is 0 Å². The van der Waals surface area contributed by atoms with Crippen LogP contribution in [-0.4, -0.2) is 0 Å². The number of hydrogen-bond donors (Lipinski definition) is 0. The third kappa shape index (κ3) is 4.67. The summed E-state index contributed by atoms with van der Waals surface area (Å²) in [6.07, 6.45) is 16.8. The molecule has 0 aliphatic rings. The van der Waals surface area contributed by atoms with E-state index in [2.05, 4.69) is 61.1 Å². The lowest BCUT2D eigenvalue weighted by atomic mass is 9.46. The van der Waals surface area contributed by atoms with Crippen molar-refractivity contribution in [3.8, 4) is 0 Å². The monoisotopic (exact) mass is 336 g/mol. The molecule has 0 heteroatoms. The van der Waals surface area contributed by atoms with Crippen LogP contribution in [0.2, 0.25) is 0 Å². The van der Waals surface area contributed by atoms with Crippen molar-refractivity contribution < 1.29 is 0 Å². The Morgan fingerprint density at radius 3 is 1.42 bits per heavy atom. The van der Waals surface area contributed by atoms with Gasteiger partial charge in [0, 0.05) is 0 Å². The molecule has 0 aliphatic carbocycles. The maximum Gasteiger partial charge on any atom is -0.0216 e. The van der Waals surface area contributed by atoms with Crippen LogP contribution in [0.4, 0.5) is 0 Å². The zero-order valence-corrected chi connectivity index (χ0v) is 18.2. The molecule has 1 unspecified atom stereocenters. The minimum absolute atomic E-state index is 0.510. The second-order valence-electron chi connectivity index (χ2n) is 7.92. The Kier molecular flexibility index (Phi) is 12.0. The van der Waals surface area contributed by atoms with Crippen molar-refractivity contribution in [3.05, 3.63) is 12.7 Å². The first-order valence-electron chi connectivity index (χ1n) is 11.1. The minimum atomic E-state index is 0.510. The van der Waals surface area contributed by atoms with Crippen molar-refractivity contribution >= 4 is 0 Å². The molecule has 0 aromatic carbocycles. The van der Waals surface area contributed by atoms with E-state index in [9.17, 15) is 0 Å². The standard InChI is InChI=1S/C24H48/c1-9-17-18-19-20-22(12-4)24(15-7,16-8)23(13-5,14-6)21(10-2)11-3/h9,21-22H,1,10-20H2,2-8H3. The summed E-state index contributed by atoms with van der Waals surface area (Å²) < 4.78 is 0. The fourth-order valence-electron chi connectivity index (χ4n) is 6.50. The van der Waals surface area contributed by atoms with E-state index in [1.54, 1.807) is 0 Å². The van der Waals surface area contributed by atoms with Crippen LogP contribution in [0.15, 0.2) is 12.7 Å². The Morgan fingerprint density at radius 1 is 0.667 bits per heavy atom. The summed E-state index contributed by atoms with van der Waals surface area (Å²) in [5.74, 6) is 1.74. The van der Waals surface area contributed by atoms with Gasteiger partial charge in [-0.05, 0) is 67.6 Å². The summed E-state index contributed by atoms with van der Waals surface area (Å²) in [6.45, 7) is 21.1. The van der Waals surface area contributed by atoms with Crippen LogP contribution in [0, 0.1) is 22.7 Å². The molecule has 0 nitrogen and oxygen atoms in total. The Labute approximate surface area is 154 Å². The van der Waals surface area contributed by atoms with E-state index in [-0.39, 0.29) is 0 Å². The summed E-state index contributed by atoms with van der Waals surface area (Å²) in [7, 11) is 0.